The average molecular weight is 418 g/mol. The SMILES string of the molecule is CCCCCCCCC(C)C(ON(CC)CC)(ON(CC)CC)ON(CC)CC. The Morgan fingerprint density at radius 1 is 0.552 bits per heavy atom. The number of rotatable bonds is 20. The van der Waals surface area contributed by atoms with Gasteiger partial charge in [-0.3, -0.25) is 0 Å². The smallest absolute Gasteiger partial charge is 0.234 e. The molecular weight excluding hydrogens is 366 g/mol. The van der Waals surface area contributed by atoms with E-state index in [0.717, 1.165) is 52.1 Å². The molecule has 29 heavy (non-hydrogen) atoms. The van der Waals surface area contributed by atoms with E-state index in [4.69, 9.17) is 14.5 Å². The third-order valence-corrected chi connectivity index (χ3v) is 5.48. The zero-order chi connectivity index (χ0) is 22.1. The summed E-state index contributed by atoms with van der Waals surface area (Å²) in [5, 5.41) is 5.81. The molecule has 1 atom stereocenters. The molecule has 0 spiro atoms. The molecule has 6 heteroatoms. The second-order valence-corrected chi connectivity index (χ2v) is 7.68. The predicted molar refractivity (Wildman–Crippen MR) is 122 cm³/mol. The van der Waals surface area contributed by atoms with Crippen LogP contribution in [0.5, 0.6) is 0 Å². The summed E-state index contributed by atoms with van der Waals surface area (Å²) in [6, 6.07) is 0. The van der Waals surface area contributed by atoms with Crippen molar-refractivity contribution >= 4 is 0 Å². The first-order valence-electron chi connectivity index (χ1n) is 12.3. The van der Waals surface area contributed by atoms with Crippen LogP contribution in [-0.4, -0.2) is 60.4 Å². The fourth-order valence-electron chi connectivity index (χ4n) is 3.33. The Morgan fingerprint density at radius 2 is 0.897 bits per heavy atom. The van der Waals surface area contributed by atoms with Gasteiger partial charge in [-0.25, -0.2) is 14.5 Å². The van der Waals surface area contributed by atoms with Crippen molar-refractivity contribution in [2.24, 2.45) is 5.92 Å². The van der Waals surface area contributed by atoms with Gasteiger partial charge in [-0.1, -0.05) is 93.9 Å². The Hall–Kier alpha value is -0.240. The highest BCUT2D eigenvalue weighted by atomic mass is 17.0. The Morgan fingerprint density at radius 3 is 1.24 bits per heavy atom. The molecular formula is C23H51N3O3. The molecule has 0 bridgehead atoms. The fourth-order valence-corrected chi connectivity index (χ4v) is 3.33. The van der Waals surface area contributed by atoms with Gasteiger partial charge in [0.25, 0.3) is 0 Å². The summed E-state index contributed by atoms with van der Waals surface area (Å²) >= 11 is 0. The molecule has 0 rings (SSSR count). The zero-order valence-corrected chi connectivity index (χ0v) is 20.8. The number of nitrogens with zero attached hydrogens (tertiary/aromatic N) is 3. The van der Waals surface area contributed by atoms with Crippen molar-refractivity contribution in [3.8, 4) is 0 Å². The highest BCUT2D eigenvalue weighted by molar-refractivity contribution is 4.68. The predicted octanol–water partition coefficient (Wildman–Crippen LogP) is 5.85. The third kappa shape index (κ3) is 11.1. The standard InChI is InChI=1S/C23H51N3O3/c1-9-16-17-18-19-20-21-22(8)23(27-24(10-2)11-3,28-25(12-4)13-5)29-26(14-6)15-7/h22H,9-21H2,1-8H3. The Labute approximate surface area is 181 Å². The largest absolute Gasteiger partial charge is 0.334 e. The third-order valence-electron chi connectivity index (χ3n) is 5.48. The lowest BCUT2D eigenvalue weighted by Gasteiger charge is -2.44. The van der Waals surface area contributed by atoms with E-state index in [-0.39, 0.29) is 5.92 Å². The van der Waals surface area contributed by atoms with Crippen molar-refractivity contribution in [3.05, 3.63) is 0 Å². The van der Waals surface area contributed by atoms with Gasteiger partial charge in [0.15, 0.2) is 0 Å². The molecule has 0 aliphatic heterocycles. The maximum absolute atomic E-state index is 6.47. The summed E-state index contributed by atoms with van der Waals surface area (Å²) in [6.07, 6.45) is 8.68. The Bertz CT molecular complexity index is 323. The Kier molecular flexibility index (Phi) is 17.3. The fraction of sp³-hybridized carbons (Fsp3) is 1.00. The molecule has 6 nitrogen and oxygen atoms in total. The molecule has 0 aliphatic carbocycles. The van der Waals surface area contributed by atoms with Crippen LogP contribution < -0.4 is 0 Å². The molecule has 0 amide bonds. The van der Waals surface area contributed by atoms with E-state index >= 15 is 0 Å². The molecule has 0 aromatic carbocycles. The van der Waals surface area contributed by atoms with E-state index in [9.17, 15) is 0 Å². The minimum Gasteiger partial charge on any atom is -0.234 e. The summed E-state index contributed by atoms with van der Waals surface area (Å²) in [4.78, 5) is 19.4. The molecule has 0 aromatic rings. The minimum absolute atomic E-state index is 0.0930. The van der Waals surface area contributed by atoms with E-state index in [1.165, 1.54) is 32.1 Å². The van der Waals surface area contributed by atoms with E-state index in [1.54, 1.807) is 0 Å². The summed E-state index contributed by atoms with van der Waals surface area (Å²) in [7, 11) is 0. The number of hydrogen-bond donors (Lipinski definition) is 0. The summed E-state index contributed by atoms with van der Waals surface area (Å²) < 4.78 is 0. The van der Waals surface area contributed by atoms with Gasteiger partial charge in [-0.05, 0) is 6.42 Å². The Balaban J connectivity index is 5.47. The summed E-state index contributed by atoms with van der Waals surface area (Å²) in [5.41, 5.74) is 0. The normalized spacial score (nSPS) is 13.8. The van der Waals surface area contributed by atoms with E-state index < -0.39 is 5.97 Å². The lowest BCUT2D eigenvalue weighted by atomic mass is 9.99. The van der Waals surface area contributed by atoms with E-state index in [2.05, 4.69) is 55.4 Å². The van der Waals surface area contributed by atoms with Gasteiger partial charge in [-0.2, -0.15) is 15.2 Å². The van der Waals surface area contributed by atoms with Crippen LogP contribution in [0.4, 0.5) is 0 Å². The zero-order valence-electron chi connectivity index (χ0n) is 20.8. The number of hydroxylamine groups is 6. The summed E-state index contributed by atoms with van der Waals surface area (Å²) in [5.74, 6) is -1.05. The van der Waals surface area contributed by atoms with Crippen LogP contribution in [0.1, 0.15) is 100 Å². The topological polar surface area (TPSA) is 37.4 Å². The second kappa shape index (κ2) is 17.4. The van der Waals surface area contributed by atoms with Gasteiger partial charge >= 0.3 is 5.97 Å². The average Bonchev–Trinajstić information content (AvgIpc) is 2.75. The van der Waals surface area contributed by atoms with Crippen molar-refractivity contribution in [3.63, 3.8) is 0 Å². The molecule has 0 saturated heterocycles. The molecule has 0 fully saturated rings. The minimum atomic E-state index is -1.15. The lowest BCUT2D eigenvalue weighted by molar-refractivity contribution is -0.550. The highest BCUT2D eigenvalue weighted by Gasteiger charge is 2.46. The van der Waals surface area contributed by atoms with Gasteiger partial charge in [0, 0.05) is 45.2 Å². The molecule has 1 unspecified atom stereocenters. The van der Waals surface area contributed by atoms with Crippen molar-refractivity contribution in [2.75, 3.05) is 39.3 Å². The molecule has 0 heterocycles. The van der Waals surface area contributed by atoms with Gasteiger partial charge in [0.05, 0.1) is 0 Å². The van der Waals surface area contributed by atoms with Crippen LogP contribution in [0.2, 0.25) is 0 Å². The molecule has 0 aromatic heterocycles. The second-order valence-electron chi connectivity index (χ2n) is 7.68. The van der Waals surface area contributed by atoms with Gasteiger partial charge in [0.2, 0.25) is 0 Å². The van der Waals surface area contributed by atoms with Crippen LogP contribution in [0.15, 0.2) is 0 Å². The first-order valence-corrected chi connectivity index (χ1v) is 12.3. The van der Waals surface area contributed by atoms with Crippen LogP contribution in [0.3, 0.4) is 0 Å². The van der Waals surface area contributed by atoms with Gasteiger partial charge < -0.3 is 0 Å². The van der Waals surface area contributed by atoms with E-state index in [0.29, 0.717) is 0 Å². The van der Waals surface area contributed by atoms with Crippen LogP contribution in [-0.2, 0) is 14.5 Å². The quantitative estimate of drug-likeness (QED) is 0.141. The van der Waals surface area contributed by atoms with Gasteiger partial charge in [-0.15, -0.1) is 0 Å². The molecule has 0 N–H and O–H groups in total. The number of hydrogen-bond acceptors (Lipinski definition) is 6. The van der Waals surface area contributed by atoms with Crippen molar-refractivity contribution in [1.29, 1.82) is 0 Å². The number of unbranched alkanes of at least 4 members (excludes halogenated alkanes) is 5. The first kappa shape index (κ1) is 28.8. The first-order chi connectivity index (χ1) is 14.0. The maximum atomic E-state index is 6.47. The summed E-state index contributed by atoms with van der Waals surface area (Å²) in [6.45, 7) is 21.7. The molecule has 176 valence electrons. The van der Waals surface area contributed by atoms with Crippen molar-refractivity contribution in [2.45, 2.75) is 106 Å². The van der Waals surface area contributed by atoms with E-state index in [1.807, 2.05) is 15.2 Å². The molecule has 0 radical (unpaired) electrons. The molecule has 0 saturated carbocycles. The highest BCUT2D eigenvalue weighted by Crippen LogP contribution is 2.33. The lowest BCUT2D eigenvalue weighted by Crippen LogP contribution is -2.56. The van der Waals surface area contributed by atoms with Crippen LogP contribution in [0.25, 0.3) is 0 Å². The van der Waals surface area contributed by atoms with Crippen LogP contribution in [0, 0.1) is 5.92 Å². The van der Waals surface area contributed by atoms with Crippen molar-refractivity contribution in [1.82, 2.24) is 15.2 Å². The van der Waals surface area contributed by atoms with Crippen LogP contribution >= 0.6 is 0 Å². The maximum Gasteiger partial charge on any atom is 0.334 e. The van der Waals surface area contributed by atoms with Crippen molar-refractivity contribution < 1.29 is 14.5 Å². The molecule has 0 aliphatic rings. The van der Waals surface area contributed by atoms with Gasteiger partial charge in [0.1, 0.15) is 0 Å². The monoisotopic (exact) mass is 417 g/mol.